The maximum Gasteiger partial charge on any atom is 0.181 e. The van der Waals surface area contributed by atoms with Gasteiger partial charge in [0, 0.05) is 16.7 Å². The lowest BCUT2D eigenvalue weighted by Crippen LogP contribution is -2.31. The van der Waals surface area contributed by atoms with Crippen molar-refractivity contribution >= 4 is 5.84 Å². The summed E-state index contributed by atoms with van der Waals surface area (Å²) in [5.41, 5.74) is 10.3. The van der Waals surface area contributed by atoms with E-state index in [2.05, 4.69) is 21.0 Å². The number of aliphatic imine (C=N–C) groups is 1. The highest BCUT2D eigenvalue weighted by Crippen LogP contribution is 2.25. The quantitative estimate of drug-likeness (QED) is 0.317. The number of rotatable bonds is 8. The predicted octanol–water partition coefficient (Wildman–Crippen LogP) is 5.27. The van der Waals surface area contributed by atoms with Crippen LogP contribution in [0.25, 0.3) is 22.8 Å². The summed E-state index contributed by atoms with van der Waals surface area (Å²) < 4.78 is 11.5. The molecule has 0 saturated heterocycles. The summed E-state index contributed by atoms with van der Waals surface area (Å²) in [6.45, 7) is 8.05. The summed E-state index contributed by atoms with van der Waals surface area (Å²) in [5.74, 6) is 3.77. The van der Waals surface area contributed by atoms with E-state index in [4.69, 9.17) is 19.5 Å². The third-order valence-corrected chi connectivity index (χ3v) is 5.53. The van der Waals surface area contributed by atoms with Crippen molar-refractivity contribution in [2.75, 3.05) is 0 Å². The summed E-state index contributed by atoms with van der Waals surface area (Å²) in [5, 5.41) is 7.48. The summed E-state index contributed by atoms with van der Waals surface area (Å²) in [4.78, 5) is 9.53. The molecule has 2 heterocycles. The fraction of sp³-hybridized carbons (Fsp3) is 0.250. The molecule has 3 aromatic carbocycles. The van der Waals surface area contributed by atoms with Crippen LogP contribution in [0, 0.1) is 0 Å². The molecule has 184 valence electrons. The molecule has 0 bridgehead atoms. The Morgan fingerprint density at radius 3 is 2.06 bits per heavy atom. The van der Waals surface area contributed by atoms with E-state index in [0.29, 0.717) is 11.6 Å². The lowest BCUT2D eigenvalue weighted by atomic mass is 10.1. The molecular formula is C28H30N6O2. The largest absolute Gasteiger partial charge is 0.491 e. The van der Waals surface area contributed by atoms with Crippen LogP contribution >= 0.6 is 0 Å². The van der Waals surface area contributed by atoms with Gasteiger partial charge in [-0.05, 0) is 75.7 Å². The van der Waals surface area contributed by atoms with Crippen LogP contribution in [0.5, 0.6) is 11.5 Å². The fourth-order valence-corrected chi connectivity index (χ4v) is 3.92. The Bertz CT molecular complexity index is 1340. The first kappa shape index (κ1) is 23.6. The molecule has 0 fully saturated rings. The van der Waals surface area contributed by atoms with Crippen molar-refractivity contribution in [2.45, 2.75) is 46.1 Å². The van der Waals surface area contributed by atoms with Crippen molar-refractivity contribution in [2.24, 2.45) is 4.99 Å². The first-order chi connectivity index (χ1) is 17.4. The Morgan fingerprint density at radius 2 is 1.39 bits per heavy atom. The highest BCUT2D eigenvalue weighted by Gasteiger charge is 2.20. The number of H-pyrrole nitrogens is 1. The average molecular weight is 483 g/mol. The maximum absolute atomic E-state index is 5.73. The zero-order valence-corrected chi connectivity index (χ0v) is 20.8. The Labute approximate surface area is 210 Å². The molecule has 8 nitrogen and oxygen atoms in total. The number of nitrogens with zero attached hydrogens (tertiary/aromatic N) is 3. The maximum atomic E-state index is 5.73. The minimum absolute atomic E-state index is 0.134. The van der Waals surface area contributed by atoms with E-state index in [1.54, 1.807) is 0 Å². The van der Waals surface area contributed by atoms with Crippen LogP contribution in [0.4, 0.5) is 0 Å². The molecule has 1 atom stereocenters. The topological polar surface area (TPSA) is 96.5 Å². The fourth-order valence-electron chi connectivity index (χ4n) is 3.92. The normalized spacial score (nSPS) is 15.2. The number of hydrazine groups is 1. The Hall–Kier alpha value is -4.17. The molecule has 1 aromatic heterocycles. The lowest BCUT2D eigenvalue weighted by Gasteiger charge is -2.11. The lowest BCUT2D eigenvalue weighted by molar-refractivity contribution is 0.242. The van der Waals surface area contributed by atoms with Gasteiger partial charge in [-0.2, -0.15) is 5.10 Å². The minimum atomic E-state index is -0.186. The predicted molar refractivity (Wildman–Crippen MR) is 141 cm³/mol. The van der Waals surface area contributed by atoms with E-state index < -0.39 is 0 Å². The van der Waals surface area contributed by atoms with Gasteiger partial charge < -0.3 is 14.9 Å². The van der Waals surface area contributed by atoms with Crippen LogP contribution in [0.2, 0.25) is 0 Å². The van der Waals surface area contributed by atoms with Crippen molar-refractivity contribution < 1.29 is 9.47 Å². The van der Waals surface area contributed by atoms with Crippen molar-refractivity contribution in [1.29, 1.82) is 0 Å². The number of amidine groups is 1. The molecule has 1 aliphatic heterocycles. The SMILES string of the molecule is CC(C)Oc1ccc(-c2nc(-c3cccc(C4=NC(c5ccc(OC(C)C)cc5)NN4)c3)n[nH]2)cc1. The van der Waals surface area contributed by atoms with E-state index in [9.17, 15) is 0 Å². The third-order valence-electron chi connectivity index (χ3n) is 5.53. The van der Waals surface area contributed by atoms with Gasteiger partial charge in [0.25, 0.3) is 0 Å². The zero-order valence-electron chi connectivity index (χ0n) is 20.8. The van der Waals surface area contributed by atoms with E-state index in [0.717, 1.165) is 39.6 Å². The summed E-state index contributed by atoms with van der Waals surface area (Å²) in [7, 11) is 0. The van der Waals surface area contributed by atoms with Gasteiger partial charge in [0.1, 0.15) is 23.5 Å². The molecular weight excluding hydrogens is 452 g/mol. The number of nitrogens with one attached hydrogen (secondary N) is 3. The average Bonchev–Trinajstić information content (AvgIpc) is 3.55. The number of aromatic nitrogens is 3. The molecule has 0 amide bonds. The van der Waals surface area contributed by atoms with E-state index in [-0.39, 0.29) is 18.4 Å². The van der Waals surface area contributed by atoms with Crippen LogP contribution in [0.1, 0.15) is 45.0 Å². The number of benzene rings is 3. The molecule has 4 aromatic rings. The highest BCUT2D eigenvalue weighted by molar-refractivity contribution is 6.00. The van der Waals surface area contributed by atoms with Gasteiger partial charge in [0.05, 0.1) is 12.2 Å². The number of hydrogen-bond donors (Lipinski definition) is 3. The first-order valence-corrected chi connectivity index (χ1v) is 12.1. The van der Waals surface area contributed by atoms with Crippen LogP contribution in [0.15, 0.2) is 77.8 Å². The molecule has 5 rings (SSSR count). The van der Waals surface area contributed by atoms with Gasteiger partial charge in [-0.1, -0.05) is 30.3 Å². The molecule has 1 aliphatic rings. The Kier molecular flexibility index (Phi) is 6.69. The van der Waals surface area contributed by atoms with Gasteiger partial charge in [-0.25, -0.2) is 15.4 Å². The van der Waals surface area contributed by atoms with Gasteiger partial charge in [-0.15, -0.1) is 0 Å². The van der Waals surface area contributed by atoms with Gasteiger partial charge >= 0.3 is 0 Å². The Morgan fingerprint density at radius 1 is 0.750 bits per heavy atom. The first-order valence-electron chi connectivity index (χ1n) is 12.1. The second kappa shape index (κ2) is 10.2. The molecule has 1 unspecified atom stereocenters. The molecule has 0 radical (unpaired) electrons. The van der Waals surface area contributed by atoms with Gasteiger partial charge in [0.15, 0.2) is 11.6 Å². The third kappa shape index (κ3) is 5.39. The second-order valence-corrected chi connectivity index (χ2v) is 9.16. The van der Waals surface area contributed by atoms with Crippen LogP contribution < -0.4 is 20.3 Å². The molecule has 3 N–H and O–H groups in total. The van der Waals surface area contributed by atoms with Gasteiger partial charge in [-0.3, -0.25) is 5.10 Å². The van der Waals surface area contributed by atoms with E-state index in [1.807, 2.05) is 100 Å². The van der Waals surface area contributed by atoms with Crippen LogP contribution in [-0.4, -0.2) is 33.2 Å². The minimum Gasteiger partial charge on any atom is -0.491 e. The van der Waals surface area contributed by atoms with E-state index >= 15 is 0 Å². The molecule has 0 saturated carbocycles. The van der Waals surface area contributed by atoms with Crippen molar-refractivity contribution in [3.63, 3.8) is 0 Å². The molecule has 0 aliphatic carbocycles. The van der Waals surface area contributed by atoms with Gasteiger partial charge in [0.2, 0.25) is 0 Å². The molecule has 8 heteroatoms. The molecule has 0 spiro atoms. The monoisotopic (exact) mass is 482 g/mol. The summed E-state index contributed by atoms with van der Waals surface area (Å²) in [6, 6.07) is 23.8. The van der Waals surface area contributed by atoms with E-state index in [1.165, 1.54) is 0 Å². The standard InChI is InChI=1S/C28H30N6O2/c1-17(2)35-23-12-8-19(9-13-23)25-29-27(33-31-25)21-6-5-7-22(16-21)28-30-26(32-34-28)20-10-14-24(15-11-20)36-18(3)4/h5-18,25,31H,1-4H3,(H,29,33)(H,30,32,34). The van der Waals surface area contributed by atoms with Crippen LogP contribution in [-0.2, 0) is 0 Å². The second-order valence-electron chi connectivity index (χ2n) is 9.16. The summed E-state index contributed by atoms with van der Waals surface area (Å²) >= 11 is 0. The van der Waals surface area contributed by atoms with Crippen molar-refractivity contribution in [3.05, 3.63) is 83.9 Å². The number of hydrogen-bond acceptors (Lipinski definition) is 7. The van der Waals surface area contributed by atoms with Crippen molar-refractivity contribution in [3.8, 4) is 34.3 Å². The van der Waals surface area contributed by atoms with Crippen LogP contribution in [0.3, 0.4) is 0 Å². The highest BCUT2D eigenvalue weighted by atomic mass is 16.5. The zero-order chi connectivity index (χ0) is 25.1. The Balaban J connectivity index is 1.31. The van der Waals surface area contributed by atoms with Crippen molar-refractivity contribution in [1.82, 2.24) is 26.0 Å². The molecule has 36 heavy (non-hydrogen) atoms. The smallest absolute Gasteiger partial charge is 0.181 e. The summed E-state index contributed by atoms with van der Waals surface area (Å²) in [6.07, 6.45) is 0.0906. The number of aromatic amines is 1. The number of ether oxygens (including phenoxy) is 2.